The molecule has 142 valence electrons. The molecule has 1 amide bonds. The molecule has 0 unspecified atom stereocenters. The van der Waals surface area contributed by atoms with Crippen LogP contribution in [0.25, 0.3) is 0 Å². The van der Waals surface area contributed by atoms with Gasteiger partial charge in [-0.2, -0.15) is 0 Å². The molecule has 2 aromatic rings. The predicted molar refractivity (Wildman–Crippen MR) is 103 cm³/mol. The lowest BCUT2D eigenvalue weighted by molar-refractivity contribution is -0.121. The van der Waals surface area contributed by atoms with Gasteiger partial charge in [0.2, 0.25) is 5.91 Å². The van der Waals surface area contributed by atoms with Crippen molar-refractivity contribution in [1.82, 2.24) is 4.57 Å². The smallest absolute Gasteiger partial charge is 0.250 e. The summed E-state index contributed by atoms with van der Waals surface area (Å²) in [7, 11) is 0. The van der Waals surface area contributed by atoms with Gasteiger partial charge >= 0.3 is 0 Å². The number of hydrogen-bond acceptors (Lipinski definition) is 4. The first-order valence-corrected chi connectivity index (χ1v) is 9.54. The highest BCUT2D eigenvalue weighted by Crippen LogP contribution is 2.44. The Morgan fingerprint density at radius 3 is 2.59 bits per heavy atom. The maximum Gasteiger partial charge on any atom is 0.250 e. The van der Waals surface area contributed by atoms with Gasteiger partial charge in [-0.3, -0.25) is 9.59 Å². The molecule has 1 aromatic carbocycles. The third-order valence-corrected chi connectivity index (χ3v) is 5.57. The van der Waals surface area contributed by atoms with E-state index in [0.717, 1.165) is 37.0 Å². The summed E-state index contributed by atoms with van der Waals surface area (Å²) in [5.74, 6) is 1.41. The molecule has 0 atom stereocenters. The molecule has 1 saturated carbocycles. The number of fused-ring (bicyclic) bond motifs is 1. The zero-order valence-corrected chi connectivity index (χ0v) is 15.5. The Labute approximate surface area is 158 Å². The number of pyridine rings is 1. The molecule has 2 aliphatic rings. The van der Waals surface area contributed by atoms with Gasteiger partial charge in [-0.05, 0) is 43.5 Å². The first kappa shape index (κ1) is 17.6. The van der Waals surface area contributed by atoms with Crippen LogP contribution in [-0.2, 0) is 16.8 Å². The monoisotopic (exact) mass is 368 g/mol. The third-order valence-electron chi connectivity index (χ3n) is 5.57. The number of anilines is 1. The number of hydrogen-bond donors (Lipinski definition) is 1. The summed E-state index contributed by atoms with van der Waals surface area (Å²) in [6.45, 7) is 3.54. The summed E-state index contributed by atoms with van der Waals surface area (Å²) in [4.78, 5) is 25.1. The molecule has 4 rings (SSSR count). The van der Waals surface area contributed by atoms with Crippen molar-refractivity contribution in [2.24, 2.45) is 0 Å². The Bertz CT molecular complexity index is 913. The quantitative estimate of drug-likeness (QED) is 0.900. The van der Waals surface area contributed by atoms with Gasteiger partial charge in [0.05, 0.1) is 11.1 Å². The van der Waals surface area contributed by atoms with Gasteiger partial charge in [0, 0.05) is 18.8 Å². The van der Waals surface area contributed by atoms with Crippen LogP contribution in [0.15, 0.2) is 41.3 Å². The molecule has 0 saturated heterocycles. The second-order valence-electron chi connectivity index (χ2n) is 7.14. The highest BCUT2D eigenvalue weighted by atomic mass is 16.6. The number of ether oxygens (including phenoxy) is 2. The number of aryl methyl sites for hydroxylation is 1. The first-order chi connectivity index (χ1) is 13.1. The highest BCUT2D eigenvalue weighted by Gasteiger charge is 2.43. The van der Waals surface area contributed by atoms with Crippen molar-refractivity contribution in [2.45, 2.75) is 44.6 Å². The molecule has 6 heteroatoms. The number of carbonyl (C=O) groups excluding carboxylic acids is 1. The zero-order chi connectivity index (χ0) is 18.9. The van der Waals surface area contributed by atoms with Crippen LogP contribution in [0.4, 0.5) is 5.69 Å². The van der Waals surface area contributed by atoms with Gasteiger partial charge in [0.15, 0.2) is 11.5 Å². The van der Waals surface area contributed by atoms with E-state index in [-0.39, 0.29) is 11.5 Å². The number of aromatic nitrogens is 1. The number of nitrogens with one attached hydrogen (secondary N) is 1. The van der Waals surface area contributed by atoms with Crippen LogP contribution in [0, 0.1) is 0 Å². The number of benzene rings is 1. The molecule has 0 bridgehead atoms. The van der Waals surface area contributed by atoms with Crippen molar-refractivity contribution in [3.8, 4) is 11.5 Å². The predicted octanol–water partition coefficient (Wildman–Crippen LogP) is 3.09. The number of rotatable bonds is 4. The van der Waals surface area contributed by atoms with E-state index in [1.165, 1.54) is 6.07 Å². The van der Waals surface area contributed by atoms with E-state index >= 15 is 0 Å². The van der Waals surface area contributed by atoms with Gasteiger partial charge < -0.3 is 19.4 Å². The second kappa shape index (κ2) is 7.10. The molecule has 0 radical (unpaired) electrons. The molecular weight excluding hydrogens is 344 g/mol. The second-order valence-corrected chi connectivity index (χ2v) is 7.14. The number of carbonyl (C=O) groups is 1. The normalized spacial score (nSPS) is 17.5. The molecule has 1 N–H and O–H groups in total. The molecule has 27 heavy (non-hydrogen) atoms. The van der Waals surface area contributed by atoms with E-state index in [9.17, 15) is 9.59 Å². The minimum Gasteiger partial charge on any atom is -0.486 e. The topological polar surface area (TPSA) is 69.6 Å². The molecule has 2 heterocycles. The summed E-state index contributed by atoms with van der Waals surface area (Å²) in [6.07, 6.45) is 5.32. The molecular formula is C21H24N2O4. The summed E-state index contributed by atoms with van der Waals surface area (Å²) in [6, 6.07) is 8.98. The van der Waals surface area contributed by atoms with Crippen molar-refractivity contribution in [2.75, 3.05) is 18.5 Å². The SMILES string of the molecule is CCn1cc(NC(=O)C2(c3ccc4c(c3)OCCO4)CCCC2)ccc1=O. The Morgan fingerprint density at radius 2 is 1.85 bits per heavy atom. The van der Waals surface area contributed by atoms with E-state index in [2.05, 4.69) is 5.32 Å². The fourth-order valence-electron chi connectivity index (χ4n) is 4.07. The zero-order valence-electron chi connectivity index (χ0n) is 15.5. The summed E-state index contributed by atoms with van der Waals surface area (Å²) < 4.78 is 12.9. The van der Waals surface area contributed by atoms with Crippen LogP contribution in [0.3, 0.4) is 0 Å². The van der Waals surface area contributed by atoms with E-state index in [0.29, 0.717) is 31.2 Å². The molecule has 6 nitrogen and oxygen atoms in total. The van der Waals surface area contributed by atoms with Crippen molar-refractivity contribution in [1.29, 1.82) is 0 Å². The van der Waals surface area contributed by atoms with Gasteiger partial charge in [-0.15, -0.1) is 0 Å². The van der Waals surface area contributed by atoms with E-state index < -0.39 is 5.41 Å². The van der Waals surface area contributed by atoms with Crippen LogP contribution in [0.5, 0.6) is 11.5 Å². The summed E-state index contributed by atoms with van der Waals surface area (Å²) in [5.41, 5.74) is 0.956. The van der Waals surface area contributed by atoms with Gasteiger partial charge in [0.25, 0.3) is 5.56 Å². The lowest BCUT2D eigenvalue weighted by atomic mass is 9.77. The minimum absolute atomic E-state index is 0.0296. The Morgan fingerprint density at radius 1 is 1.11 bits per heavy atom. The maximum absolute atomic E-state index is 13.3. The molecule has 1 aromatic heterocycles. The largest absolute Gasteiger partial charge is 0.486 e. The van der Waals surface area contributed by atoms with Crippen LogP contribution < -0.4 is 20.3 Å². The fourth-order valence-corrected chi connectivity index (χ4v) is 4.07. The minimum atomic E-state index is -0.580. The van der Waals surface area contributed by atoms with Gasteiger partial charge in [0.1, 0.15) is 13.2 Å². The third kappa shape index (κ3) is 3.20. The van der Waals surface area contributed by atoms with Crippen molar-refractivity contribution in [3.63, 3.8) is 0 Å². The van der Waals surface area contributed by atoms with Gasteiger partial charge in [-0.25, -0.2) is 0 Å². The van der Waals surface area contributed by atoms with E-state index in [4.69, 9.17) is 9.47 Å². The maximum atomic E-state index is 13.3. The standard InChI is InChI=1S/C21H24N2O4/c1-2-23-14-16(6-8-19(23)24)22-20(25)21(9-3-4-10-21)15-5-7-17-18(13-15)27-12-11-26-17/h5-8,13-14H,2-4,9-12H2,1H3,(H,22,25). The Balaban J connectivity index is 1.65. The summed E-state index contributed by atoms with van der Waals surface area (Å²) >= 11 is 0. The average molecular weight is 368 g/mol. The summed E-state index contributed by atoms with van der Waals surface area (Å²) in [5, 5.41) is 3.03. The van der Waals surface area contributed by atoms with Crippen LogP contribution in [0.1, 0.15) is 38.2 Å². The fraction of sp³-hybridized carbons (Fsp3) is 0.429. The van der Waals surface area contributed by atoms with E-state index in [1.807, 2.05) is 25.1 Å². The molecule has 0 spiro atoms. The molecule has 1 aliphatic carbocycles. The van der Waals surface area contributed by atoms with Crippen molar-refractivity contribution < 1.29 is 14.3 Å². The van der Waals surface area contributed by atoms with Crippen LogP contribution >= 0.6 is 0 Å². The lowest BCUT2D eigenvalue weighted by Gasteiger charge is -2.30. The van der Waals surface area contributed by atoms with Gasteiger partial charge in [-0.1, -0.05) is 18.9 Å². The lowest BCUT2D eigenvalue weighted by Crippen LogP contribution is -2.38. The first-order valence-electron chi connectivity index (χ1n) is 9.54. The van der Waals surface area contributed by atoms with Crippen LogP contribution in [-0.4, -0.2) is 23.7 Å². The van der Waals surface area contributed by atoms with Crippen molar-refractivity contribution >= 4 is 11.6 Å². The van der Waals surface area contributed by atoms with Crippen molar-refractivity contribution in [3.05, 3.63) is 52.4 Å². The number of amides is 1. The highest BCUT2D eigenvalue weighted by molar-refractivity contribution is 5.99. The van der Waals surface area contributed by atoms with E-state index in [1.54, 1.807) is 16.8 Å². The molecule has 1 fully saturated rings. The average Bonchev–Trinajstić information content (AvgIpc) is 3.20. The number of nitrogens with zero attached hydrogens (tertiary/aromatic N) is 1. The molecule has 1 aliphatic heterocycles. The van der Waals surface area contributed by atoms with Crippen LogP contribution in [0.2, 0.25) is 0 Å². The Kier molecular flexibility index (Phi) is 4.64. The Hall–Kier alpha value is -2.76.